The highest BCUT2D eigenvalue weighted by Crippen LogP contribution is 2.26. The fraction of sp³-hybridized carbons (Fsp3) is 0.0714. The van der Waals surface area contributed by atoms with Crippen LogP contribution >= 0.6 is 23.2 Å². The molecule has 0 spiro atoms. The van der Waals surface area contributed by atoms with Gasteiger partial charge in [0.15, 0.2) is 0 Å². The van der Waals surface area contributed by atoms with Crippen LogP contribution < -0.4 is 4.72 Å². The Morgan fingerprint density at radius 3 is 2.17 bits per heavy atom. The number of esters is 1. The summed E-state index contributed by atoms with van der Waals surface area (Å²) in [6.07, 6.45) is 0. The standard InChI is InChI=1S/C14H9Cl2F2NO4S/c1-23-14(20)10-5-13(12(18)6-11(10)17)19-24(21,22)9-3-7(15)2-8(16)4-9/h2-6,19H,1H3. The summed E-state index contributed by atoms with van der Waals surface area (Å²) in [5, 5.41) is 0.107. The number of ether oxygens (including phenoxy) is 1. The average Bonchev–Trinajstić information content (AvgIpc) is 2.48. The largest absolute Gasteiger partial charge is 0.465 e. The van der Waals surface area contributed by atoms with E-state index in [0.29, 0.717) is 12.1 Å². The van der Waals surface area contributed by atoms with Crippen molar-refractivity contribution in [3.05, 3.63) is 57.6 Å². The molecule has 0 aliphatic rings. The Labute approximate surface area is 146 Å². The molecule has 0 saturated heterocycles. The Balaban J connectivity index is 2.48. The van der Waals surface area contributed by atoms with Gasteiger partial charge in [0, 0.05) is 16.1 Å². The van der Waals surface area contributed by atoms with Gasteiger partial charge in [0.05, 0.1) is 23.3 Å². The Morgan fingerprint density at radius 1 is 1.04 bits per heavy atom. The summed E-state index contributed by atoms with van der Waals surface area (Å²) in [7, 11) is -3.27. The van der Waals surface area contributed by atoms with Crippen LogP contribution in [0.2, 0.25) is 10.0 Å². The van der Waals surface area contributed by atoms with E-state index in [9.17, 15) is 22.0 Å². The lowest BCUT2D eigenvalue weighted by Gasteiger charge is -2.11. The van der Waals surface area contributed by atoms with Gasteiger partial charge in [-0.2, -0.15) is 0 Å². The molecule has 0 unspecified atom stereocenters. The first-order valence-electron chi connectivity index (χ1n) is 6.20. The molecule has 2 aromatic rings. The maximum absolute atomic E-state index is 13.8. The number of sulfonamides is 1. The van der Waals surface area contributed by atoms with Crippen molar-refractivity contribution in [3.63, 3.8) is 0 Å². The molecule has 0 atom stereocenters. The second-order valence-corrected chi connectivity index (χ2v) is 7.07. The zero-order chi connectivity index (χ0) is 18.1. The number of nitrogens with one attached hydrogen (secondary N) is 1. The number of carbonyl (C=O) groups is 1. The molecular formula is C14H9Cl2F2NO4S. The predicted molar refractivity (Wildman–Crippen MR) is 85.0 cm³/mol. The summed E-state index contributed by atoms with van der Waals surface area (Å²) in [5.74, 6) is -3.48. The number of carbonyl (C=O) groups excluding carboxylic acids is 1. The number of benzene rings is 2. The molecule has 1 N–H and O–H groups in total. The molecule has 0 saturated carbocycles. The minimum atomic E-state index is -4.28. The van der Waals surface area contributed by atoms with Crippen molar-refractivity contribution in [2.45, 2.75) is 4.90 Å². The smallest absolute Gasteiger partial charge is 0.340 e. The summed E-state index contributed by atoms with van der Waals surface area (Å²) in [6.45, 7) is 0. The average molecular weight is 396 g/mol. The van der Waals surface area contributed by atoms with Gasteiger partial charge in [0.2, 0.25) is 0 Å². The second-order valence-electron chi connectivity index (χ2n) is 4.51. The van der Waals surface area contributed by atoms with Crippen molar-refractivity contribution in [1.82, 2.24) is 0 Å². The third-order valence-electron chi connectivity index (χ3n) is 2.85. The molecule has 10 heteroatoms. The second kappa shape index (κ2) is 6.92. The lowest BCUT2D eigenvalue weighted by atomic mass is 10.2. The van der Waals surface area contributed by atoms with Gasteiger partial charge in [-0.05, 0) is 24.3 Å². The molecule has 128 valence electrons. The van der Waals surface area contributed by atoms with E-state index in [1.54, 1.807) is 0 Å². The van der Waals surface area contributed by atoms with Crippen LogP contribution in [0.25, 0.3) is 0 Å². The van der Waals surface area contributed by atoms with Gasteiger partial charge in [-0.3, -0.25) is 4.72 Å². The van der Waals surface area contributed by atoms with Gasteiger partial charge in [-0.15, -0.1) is 0 Å². The van der Waals surface area contributed by atoms with Gasteiger partial charge in [-0.1, -0.05) is 23.2 Å². The van der Waals surface area contributed by atoms with Crippen LogP contribution in [0.15, 0.2) is 35.2 Å². The normalized spacial score (nSPS) is 11.2. The van der Waals surface area contributed by atoms with Gasteiger partial charge < -0.3 is 4.74 Å². The van der Waals surface area contributed by atoms with Gasteiger partial charge >= 0.3 is 5.97 Å². The van der Waals surface area contributed by atoms with E-state index < -0.39 is 38.9 Å². The van der Waals surface area contributed by atoms with Crippen molar-refractivity contribution >= 4 is 44.9 Å². The highest BCUT2D eigenvalue weighted by molar-refractivity contribution is 7.92. The maximum atomic E-state index is 13.8. The number of anilines is 1. The maximum Gasteiger partial charge on any atom is 0.340 e. The van der Waals surface area contributed by atoms with E-state index in [-0.39, 0.29) is 14.9 Å². The highest BCUT2D eigenvalue weighted by atomic mass is 35.5. The Bertz CT molecular complexity index is 899. The van der Waals surface area contributed by atoms with Crippen LogP contribution in [0.3, 0.4) is 0 Å². The van der Waals surface area contributed by atoms with Crippen molar-refractivity contribution in [3.8, 4) is 0 Å². The van der Waals surface area contributed by atoms with Crippen molar-refractivity contribution in [2.24, 2.45) is 0 Å². The summed E-state index contributed by atoms with van der Waals surface area (Å²) in [6, 6.07) is 4.57. The summed E-state index contributed by atoms with van der Waals surface area (Å²) >= 11 is 11.5. The number of methoxy groups -OCH3 is 1. The van der Waals surface area contributed by atoms with Gasteiger partial charge in [0.25, 0.3) is 10.0 Å². The first-order valence-corrected chi connectivity index (χ1v) is 8.44. The number of halogens is 4. The Hall–Kier alpha value is -1.90. The van der Waals surface area contributed by atoms with Gasteiger partial charge in [0.1, 0.15) is 11.6 Å². The van der Waals surface area contributed by atoms with Gasteiger partial charge in [-0.25, -0.2) is 22.0 Å². The molecule has 5 nitrogen and oxygen atoms in total. The predicted octanol–water partition coefficient (Wildman–Crippen LogP) is 3.86. The van der Waals surface area contributed by atoms with E-state index >= 15 is 0 Å². The topological polar surface area (TPSA) is 72.5 Å². The molecule has 0 aliphatic heterocycles. The van der Waals surface area contributed by atoms with Crippen LogP contribution in [-0.2, 0) is 14.8 Å². The SMILES string of the molecule is COC(=O)c1cc(NS(=O)(=O)c2cc(Cl)cc(Cl)c2)c(F)cc1F. The number of rotatable bonds is 4. The Morgan fingerprint density at radius 2 is 1.62 bits per heavy atom. The quantitative estimate of drug-likeness (QED) is 0.797. The first kappa shape index (κ1) is 18.4. The van der Waals surface area contributed by atoms with Crippen molar-refractivity contribution in [2.75, 3.05) is 11.8 Å². The van der Waals surface area contributed by atoms with E-state index in [1.807, 2.05) is 4.72 Å². The van der Waals surface area contributed by atoms with Crippen LogP contribution in [0.1, 0.15) is 10.4 Å². The van der Waals surface area contributed by atoms with E-state index in [1.165, 1.54) is 6.07 Å². The van der Waals surface area contributed by atoms with Crippen molar-refractivity contribution in [1.29, 1.82) is 0 Å². The lowest BCUT2D eigenvalue weighted by Crippen LogP contribution is -2.15. The van der Waals surface area contributed by atoms with E-state index in [2.05, 4.69) is 4.74 Å². The minimum absolute atomic E-state index is 0.0534. The summed E-state index contributed by atoms with van der Waals surface area (Å²) in [5.41, 5.74) is -1.26. The third kappa shape index (κ3) is 3.95. The molecule has 2 aromatic carbocycles. The fourth-order valence-electron chi connectivity index (χ4n) is 1.78. The van der Waals surface area contributed by atoms with E-state index in [4.69, 9.17) is 23.2 Å². The summed E-state index contributed by atoms with van der Waals surface area (Å²) in [4.78, 5) is 11.1. The molecule has 24 heavy (non-hydrogen) atoms. The first-order chi connectivity index (χ1) is 11.1. The Kier molecular flexibility index (Phi) is 5.32. The molecular weight excluding hydrogens is 387 g/mol. The zero-order valence-electron chi connectivity index (χ0n) is 11.9. The molecule has 0 radical (unpaired) electrons. The molecule has 0 aliphatic carbocycles. The molecule has 0 bridgehead atoms. The monoisotopic (exact) mass is 395 g/mol. The molecule has 0 fully saturated rings. The fourth-order valence-corrected chi connectivity index (χ4v) is 3.56. The van der Waals surface area contributed by atoms with Crippen LogP contribution in [0, 0.1) is 11.6 Å². The minimum Gasteiger partial charge on any atom is -0.465 e. The molecule has 2 rings (SSSR count). The molecule has 0 aromatic heterocycles. The third-order valence-corrected chi connectivity index (χ3v) is 4.63. The lowest BCUT2D eigenvalue weighted by molar-refractivity contribution is 0.0595. The van der Waals surface area contributed by atoms with Crippen LogP contribution in [0.5, 0.6) is 0 Å². The van der Waals surface area contributed by atoms with Crippen LogP contribution in [0.4, 0.5) is 14.5 Å². The van der Waals surface area contributed by atoms with Crippen LogP contribution in [-0.4, -0.2) is 21.5 Å². The zero-order valence-corrected chi connectivity index (χ0v) is 14.3. The van der Waals surface area contributed by atoms with E-state index in [0.717, 1.165) is 19.2 Å². The highest BCUT2D eigenvalue weighted by Gasteiger charge is 2.21. The molecule has 0 heterocycles. The molecule has 0 amide bonds. The van der Waals surface area contributed by atoms with Crippen molar-refractivity contribution < 1.29 is 26.7 Å². The number of hydrogen-bond donors (Lipinski definition) is 1. The number of hydrogen-bond acceptors (Lipinski definition) is 4. The summed E-state index contributed by atoms with van der Waals surface area (Å²) < 4.78 is 58.2.